The normalized spacial score (nSPS) is 29.9. The number of alkyl halides is 1. The summed E-state index contributed by atoms with van der Waals surface area (Å²) in [6, 6.07) is 8.59. The average Bonchev–Trinajstić information content (AvgIpc) is 3.01. The molecule has 1 N–H and O–H groups in total. The van der Waals surface area contributed by atoms with Crippen molar-refractivity contribution >= 4 is 11.6 Å². The molecule has 2 bridgehead atoms. The molecule has 0 heterocycles. The molecule has 2 aliphatic carbocycles. The summed E-state index contributed by atoms with van der Waals surface area (Å²) in [7, 11) is 0. The Kier molecular flexibility index (Phi) is 3.91. The van der Waals surface area contributed by atoms with E-state index in [2.05, 4.69) is 29.6 Å². The molecule has 3 rings (SSSR count). The monoisotopic (exact) mass is 263 g/mol. The summed E-state index contributed by atoms with van der Waals surface area (Å²) >= 11 is 5.86. The van der Waals surface area contributed by atoms with Gasteiger partial charge in [-0.15, -0.1) is 11.6 Å². The van der Waals surface area contributed by atoms with E-state index < -0.39 is 0 Å². The molecule has 1 aromatic rings. The van der Waals surface area contributed by atoms with Crippen molar-refractivity contribution in [1.82, 2.24) is 5.32 Å². The summed E-state index contributed by atoms with van der Waals surface area (Å²) in [5.41, 5.74) is 2.58. The van der Waals surface area contributed by atoms with Gasteiger partial charge >= 0.3 is 0 Å². The van der Waals surface area contributed by atoms with Crippen LogP contribution in [0.1, 0.15) is 36.8 Å². The Morgan fingerprint density at radius 3 is 2.78 bits per heavy atom. The summed E-state index contributed by atoms with van der Waals surface area (Å²) in [6.07, 6.45) is 5.96. The number of hydrogen-bond acceptors (Lipinski definition) is 1. The van der Waals surface area contributed by atoms with Crippen molar-refractivity contribution in [1.29, 1.82) is 0 Å². The van der Waals surface area contributed by atoms with Crippen molar-refractivity contribution < 1.29 is 0 Å². The molecule has 0 amide bonds. The van der Waals surface area contributed by atoms with E-state index in [1.165, 1.54) is 43.4 Å². The molecule has 0 radical (unpaired) electrons. The largest absolute Gasteiger partial charge is 0.312 e. The number of rotatable bonds is 5. The van der Waals surface area contributed by atoms with E-state index in [-0.39, 0.29) is 0 Å². The first kappa shape index (κ1) is 12.5. The highest BCUT2D eigenvalue weighted by atomic mass is 35.5. The Bertz CT molecular complexity index is 404. The van der Waals surface area contributed by atoms with Crippen LogP contribution in [0.5, 0.6) is 0 Å². The lowest BCUT2D eigenvalue weighted by molar-refractivity contribution is 0.318. The second kappa shape index (κ2) is 5.63. The van der Waals surface area contributed by atoms with Crippen LogP contribution in [0, 0.1) is 17.8 Å². The van der Waals surface area contributed by atoms with Gasteiger partial charge in [0.2, 0.25) is 0 Å². The first-order chi connectivity index (χ1) is 8.85. The van der Waals surface area contributed by atoms with Gasteiger partial charge in [-0.1, -0.05) is 30.7 Å². The maximum Gasteiger partial charge on any atom is 0.0474 e. The second-order valence-electron chi connectivity index (χ2n) is 6.02. The summed E-state index contributed by atoms with van der Waals surface area (Å²) in [5, 5.41) is 3.64. The van der Waals surface area contributed by atoms with Gasteiger partial charge in [-0.2, -0.15) is 0 Å². The molecular weight excluding hydrogens is 242 g/mol. The average molecular weight is 264 g/mol. The highest BCUT2D eigenvalue weighted by Crippen LogP contribution is 2.47. The van der Waals surface area contributed by atoms with Crippen LogP contribution in [0.3, 0.4) is 0 Å². The number of benzene rings is 1. The van der Waals surface area contributed by atoms with Crippen molar-refractivity contribution in [2.75, 3.05) is 6.54 Å². The quantitative estimate of drug-likeness (QED) is 0.793. The number of halogens is 1. The Balaban J connectivity index is 1.46. The SMILES string of the molecule is ClCc1cccc(CNCC2CC3CCC2C3)c1. The van der Waals surface area contributed by atoms with Gasteiger partial charge in [-0.3, -0.25) is 0 Å². The summed E-state index contributed by atoms with van der Waals surface area (Å²) in [4.78, 5) is 0. The lowest BCUT2D eigenvalue weighted by Gasteiger charge is -2.22. The maximum atomic E-state index is 5.86. The molecule has 0 aromatic heterocycles. The Morgan fingerprint density at radius 2 is 2.06 bits per heavy atom. The third-order valence-corrected chi connectivity index (χ3v) is 5.07. The van der Waals surface area contributed by atoms with Crippen LogP contribution >= 0.6 is 11.6 Å². The molecule has 0 aliphatic heterocycles. The van der Waals surface area contributed by atoms with Gasteiger partial charge in [0.15, 0.2) is 0 Å². The fraction of sp³-hybridized carbons (Fsp3) is 0.625. The fourth-order valence-electron chi connectivity index (χ4n) is 3.85. The van der Waals surface area contributed by atoms with E-state index in [4.69, 9.17) is 11.6 Å². The Morgan fingerprint density at radius 1 is 1.17 bits per heavy atom. The number of nitrogens with one attached hydrogen (secondary N) is 1. The molecule has 2 fully saturated rings. The van der Waals surface area contributed by atoms with Gasteiger partial charge in [-0.25, -0.2) is 0 Å². The molecule has 3 unspecified atom stereocenters. The zero-order valence-corrected chi connectivity index (χ0v) is 11.6. The minimum atomic E-state index is 0.611. The van der Waals surface area contributed by atoms with Crippen LogP contribution in [0.2, 0.25) is 0 Å². The van der Waals surface area contributed by atoms with Crippen molar-refractivity contribution in [3.63, 3.8) is 0 Å². The van der Waals surface area contributed by atoms with Gasteiger partial charge in [0.1, 0.15) is 0 Å². The Hall–Kier alpha value is -0.530. The van der Waals surface area contributed by atoms with Gasteiger partial charge in [0, 0.05) is 12.4 Å². The molecule has 1 nitrogen and oxygen atoms in total. The van der Waals surface area contributed by atoms with E-state index in [1.54, 1.807) is 0 Å². The van der Waals surface area contributed by atoms with Crippen LogP contribution < -0.4 is 5.32 Å². The van der Waals surface area contributed by atoms with Gasteiger partial charge in [0.25, 0.3) is 0 Å². The zero-order valence-electron chi connectivity index (χ0n) is 10.9. The second-order valence-corrected chi connectivity index (χ2v) is 6.29. The standard InChI is InChI=1S/C16H22ClN/c17-9-13-2-1-3-14(6-13)10-18-11-16-8-12-4-5-15(16)7-12/h1-3,6,12,15-16,18H,4-5,7-11H2. The Labute approximate surface area is 115 Å². The van der Waals surface area contributed by atoms with E-state index in [1.807, 2.05) is 0 Å². The number of fused-ring (bicyclic) bond motifs is 2. The predicted molar refractivity (Wildman–Crippen MR) is 76.6 cm³/mol. The van der Waals surface area contributed by atoms with E-state index in [0.29, 0.717) is 5.88 Å². The molecule has 18 heavy (non-hydrogen) atoms. The van der Waals surface area contributed by atoms with E-state index in [9.17, 15) is 0 Å². The smallest absolute Gasteiger partial charge is 0.0474 e. The minimum absolute atomic E-state index is 0.611. The third kappa shape index (κ3) is 2.73. The lowest BCUT2D eigenvalue weighted by Crippen LogP contribution is -2.26. The molecule has 3 atom stereocenters. The summed E-state index contributed by atoms with van der Waals surface area (Å²) < 4.78 is 0. The molecule has 0 saturated heterocycles. The van der Waals surface area contributed by atoms with Crippen LogP contribution in [-0.2, 0) is 12.4 Å². The molecule has 2 aliphatic rings. The van der Waals surface area contributed by atoms with Gasteiger partial charge < -0.3 is 5.32 Å². The lowest BCUT2D eigenvalue weighted by atomic mass is 9.89. The minimum Gasteiger partial charge on any atom is -0.312 e. The first-order valence-corrected chi connectivity index (χ1v) is 7.73. The molecule has 2 saturated carbocycles. The highest BCUT2D eigenvalue weighted by molar-refractivity contribution is 6.17. The van der Waals surface area contributed by atoms with Crippen molar-refractivity contribution in [2.45, 2.75) is 38.1 Å². The maximum absolute atomic E-state index is 5.86. The van der Waals surface area contributed by atoms with Crippen molar-refractivity contribution in [3.8, 4) is 0 Å². The zero-order chi connectivity index (χ0) is 12.4. The van der Waals surface area contributed by atoms with Crippen LogP contribution in [0.25, 0.3) is 0 Å². The predicted octanol–water partition coefficient (Wildman–Crippen LogP) is 3.95. The fourth-order valence-corrected chi connectivity index (χ4v) is 4.02. The molecule has 98 valence electrons. The van der Waals surface area contributed by atoms with Crippen LogP contribution in [-0.4, -0.2) is 6.54 Å². The van der Waals surface area contributed by atoms with Gasteiger partial charge in [-0.05, 0) is 54.7 Å². The summed E-state index contributed by atoms with van der Waals surface area (Å²) in [6.45, 7) is 2.19. The van der Waals surface area contributed by atoms with Crippen molar-refractivity contribution in [3.05, 3.63) is 35.4 Å². The topological polar surface area (TPSA) is 12.0 Å². The molecule has 1 aromatic carbocycles. The molecule has 2 heteroatoms. The molecular formula is C16H22ClN. The van der Waals surface area contributed by atoms with E-state index >= 15 is 0 Å². The first-order valence-electron chi connectivity index (χ1n) is 7.19. The van der Waals surface area contributed by atoms with Crippen LogP contribution in [0.15, 0.2) is 24.3 Å². The van der Waals surface area contributed by atoms with Gasteiger partial charge in [0.05, 0.1) is 0 Å². The van der Waals surface area contributed by atoms with Crippen LogP contribution in [0.4, 0.5) is 0 Å². The summed E-state index contributed by atoms with van der Waals surface area (Å²) in [5.74, 6) is 3.64. The van der Waals surface area contributed by atoms with Crippen molar-refractivity contribution in [2.24, 2.45) is 17.8 Å². The molecule has 0 spiro atoms. The van der Waals surface area contributed by atoms with E-state index in [0.717, 1.165) is 24.3 Å². The third-order valence-electron chi connectivity index (χ3n) is 4.77. The number of hydrogen-bond donors (Lipinski definition) is 1. The highest BCUT2D eigenvalue weighted by Gasteiger charge is 2.38.